The van der Waals surface area contributed by atoms with E-state index < -0.39 is 11.6 Å². The Morgan fingerprint density at radius 1 is 1.00 bits per heavy atom. The summed E-state index contributed by atoms with van der Waals surface area (Å²) in [4.78, 5) is 30.1. The topological polar surface area (TPSA) is 102 Å². The van der Waals surface area contributed by atoms with Crippen molar-refractivity contribution in [1.82, 2.24) is 19.8 Å². The van der Waals surface area contributed by atoms with Crippen molar-refractivity contribution in [3.63, 3.8) is 0 Å². The first-order valence-electron chi connectivity index (χ1n) is 16.0. The number of amides is 1. The van der Waals surface area contributed by atoms with Gasteiger partial charge >= 0.3 is 0 Å². The average Bonchev–Trinajstić information content (AvgIpc) is 3.50. The number of Topliss-reactive ketones (excluding diaryl/α,β-unsaturated/α-hetero) is 1. The lowest BCUT2D eigenvalue weighted by atomic mass is 9.97. The molecule has 0 spiro atoms. The number of nitrogens with two attached hydrogens (primary N) is 1. The van der Waals surface area contributed by atoms with Gasteiger partial charge in [-0.25, -0.2) is 4.98 Å². The highest BCUT2D eigenvalue weighted by molar-refractivity contribution is 5.91. The molecule has 5 rings (SSSR count). The number of nitrogens with one attached hydrogen (secondary N) is 1. The van der Waals surface area contributed by atoms with Crippen molar-refractivity contribution >= 4 is 17.3 Å². The fraction of sp³-hybridized carbons (Fsp3) is 0.308. The van der Waals surface area contributed by atoms with E-state index in [-0.39, 0.29) is 24.3 Å². The van der Waals surface area contributed by atoms with Gasteiger partial charge in [-0.15, -0.1) is 0 Å². The Morgan fingerprint density at radius 3 is 2.15 bits per heavy atom. The van der Waals surface area contributed by atoms with Crippen molar-refractivity contribution in [1.29, 1.82) is 0 Å². The van der Waals surface area contributed by atoms with E-state index >= 15 is 0 Å². The van der Waals surface area contributed by atoms with Gasteiger partial charge in [-0.1, -0.05) is 104 Å². The molecule has 246 valence electrons. The number of nitrogens with zero attached hydrogens (tertiary/aromatic N) is 3. The van der Waals surface area contributed by atoms with Gasteiger partial charge in [0.05, 0.1) is 36.8 Å². The Morgan fingerprint density at radius 2 is 1.62 bits per heavy atom. The molecule has 2 heterocycles. The molecule has 8 heteroatoms. The maximum atomic E-state index is 11.8. The summed E-state index contributed by atoms with van der Waals surface area (Å²) in [6, 6.07) is 30.2. The molecular formula is C39H47N5O3. The van der Waals surface area contributed by atoms with Crippen LogP contribution in [0.2, 0.25) is 0 Å². The summed E-state index contributed by atoms with van der Waals surface area (Å²) in [5.74, 6) is -0.531. The number of benzene rings is 3. The highest BCUT2D eigenvalue weighted by atomic mass is 16.5. The van der Waals surface area contributed by atoms with Gasteiger partial charge in [0.15, 0.2) is 5.78 Å². The fourth-order valence-corrected chi connectivity index (χ4v) is 5.24. The molecule has 8 nitrogen and oxygen atoms in total. The van der Waals surface area contributed by atoms with Crippen LogP contribution in [0.1, 0.15) is 55.6 Å². The van der Waals surface area contributed by atoms with Crippen molar-refractivity contribution in [2.75, 3.05) is 19.7 Å². The van der Waals surface area contributed by atoms with Gasteiger partial charge in [0.2, 0.25) is 5.91 Å². The predicted molar refractivity (Wildman–Crippen MR) is 188 cm³/mol. The highest BCUT2D eigenvalue weighted by Gasteiger charge is 2.27. The van der Waals surface area contributed by atoms with Crippen LogP contribution in [0.3, 0.4) is 0 Å². The van der Waals surface area contributed by atoms with E-state index in [2.05, 4.69) is 99.3 Å². The number of aryl methyl sites for hydroxylation is 1. The zero-order valence-electron chi connectivity index (χ0n) is 27.9. The number of carbonyl (C=O) groups is 2. The van der Waals surface area contributed by atoms with Gasteiger partial charge in [0.25, 0.3) is 0 Å². The molecule has 0 aliphatic carbocycles. The second-order valence-corrected chi connectivity index (χ2v) is 12.4. The molecule has 47 heavy (non-hydrogen) atoms. The number of imidazole rings is 1. The number of carbonyl (C=O) groups excluding carboxylic acids is 2. The quantitative estimate of drug-likeness (QED) is 0.196. The van der Waals surface area contributed by atoms with Crippen molar-refractivity contribution in [2.24, 2.45) is 5.73 Å². The van der Waals surface area contributed by atoms with Crippen molar-refractivity contribution in [3.05, 3.63) is 144 Å². The molecule has 0 bridgehead atoms. The molecule has 2 unspecified atom stereocenters. The molecule has 0 fully saturated rings. The molecule has 0 radical (unpaired) electrons. The van der Waals surface area contributed by atoms with Gasteiger partial charge < -0.3 is 25.3 Å². The van der Waals surface area contributed by atoms with Crippen LogP contribution in [0.4, 0.5) is 0 Å². The maximum Gasteiger partial charge on any atom is 0.240 e. The predicted octanol–water partition coefficient (Wildman–Crippen LogP) is 6.10. The van der Waals surface area contributed by atoms with Crippen LogP contribution in [-0.2, 0) is 20.9 Å². The summed E-state index contributed by atoms with van der Waals surface area (Å²) in [6.45, 7) is 13.5. The van der Waals surface area contributed by atoms with E-state index in [0.29, 0.717) is 6.61 Å². The summed E-state index contributed by atoms with van der Waals surface area (Å²) in [5.41, 5.74) is 11.8. The molecule has 3 N–H and O–H groups in total. The Balaban J connectivity index is 0.000000224. The van der Waals surface area contributed by atoms with Crippen LogP contribution in [0.25, 0.3) is 5.57 Å². The van der Waals surface area contributed by atoms with Crippen molar-refractivity contribution in [3.8, 4) is 0 Å². The first-order chi connectivity index (χ1) is 22.5. The molecule has 3 aromatic carbocycles. The van der Waals surface area contributed by atoms with Gasteiger partial charge in [-0.2, -0.15) is 0 Å². The first-order valence-corrected chi connectivity index (χ1v) is 16.0. The lowest BCUT2D eigenvalue weighted by Crippen LogP contribution is -2.54. The third-order valence-electron chi connectivity index (χ3n) is 8.00. The van der Waals surface area contributed by atoms with Gasteiger partial charge in [-0.3, -0.25) is 9.59 Å². The normalized spacial score (nSPS) is 14.2. The second kappa shape index (κ2) is 16.7. The molecule has 1 aliphatic heterocycles. The van der Waals surface area contributed by atoms with E-state index in [1.807, 2.05) is 43.6 Å². The lowest BCUT2D eigenvalue weighted by Gasteiger charge is -2.35. The van der Waals surface area contributed by atoms with Gasteiger partial charge in [0, 0.05) is 25.0 Å². The number of hydrogen-bond donors (Lipinski definition) is 2. The largest absolute Gasteiger partial charge is 0.374 e. The molecular weight excluding hydrogens is 586 g/mol. The van der Waals surface area contributed by atoms with Gasteiger partial charge in [-0.05, 0) is 56.4 Å². The minimum absolute atomic E-state index is 0.0686. The third-order valence-corrected chi connectivity index (χ3v) is 8.00. The molecule has 2 atom stereocenters. The Kier molecular flexibility index (Phi) is 12.4. The summed E-state index contributed by atoms with van der Waals surface area (Å²) < 4.78 is 7.65. The third kappa shape index (κ3) is 10.4. The monoisotopic (exact) mass is 633 g/mol. The number of hydrogen-bond acceptors (Lipinski definition) is 6. The summed E-state index contributed by atoms with van der Waals surface area (Å²) >= 11 is 0. The molecule has 0 saturated carbocycles. The molecule has 1 aliphatic rings. The minimum atomic E-state index is -1.02. The second-order valence-electron chi connectivity index (χ2n) is 12.4. The van der Waals surface area contributed by atoms with E-state index in [1.54, 1.807) is 13.8 Å². The molecule has 4 aromatic rings. The average molecular weight is 634 g/mol. The number of ketones is 1. The smallest absolute Gasteiger partial charge is 0.240 e. The van der Waals surface area contributed by atoms with Crippen LogP contribution in [0.15, 0.2) is 122 Å². The van der Waals surface area contributed by atoms with E-state index in [0.717, 1.165) is 36.5 Å². The summed E-state index contributed by atoms with van der Waals surface area (Å²) in [6.07, 6.45) is 7.38. The fourth-order valence-electron chi connectivity index (χ4n) is 5.24. The zero-order valence-corrected chi connectivity index (χ0v) is 27.9. The minimum Gasteiger partial charge on any atom is -0.374 e. The molecule has 1 amide bonds. The Hall–Kier alpha value is -4.79. The lowest BCUT2D eigenvalue weighted by molar-refractivity contribution is -0.131. The van der Waals surface area contributed by atoms with E-state index in [1.165, 1.54) is 23.6 Å². The standard InChI is InChI=1S/C24H25N3.C15H22N2O3/c1-19-17-27(18-25-19)24(23-11-7-4-8-12-23)20(2)26-15-13-22(14-16-26)21-9-5-3-6-10-21;1-11(18)13(17-14(19)15(2,3)16)10-20-9-12-7-5-4-6-8-12/h3-13,17-18,24H,2,14-16H2,1H3;4-8,13H,9-10,16H2,1-3H3,(H,17,19). The van der Waals surface area contributed by atoms with Gasteiger partial charge in [0.1, 0.15) is 6.04 Å². The van der Waals surface area contributed by atoms with Crippen LogP contribution >= 0.6 is 0 Å². The van der Waals surface area contributed by atoms with Crippen LogP contribution in [0.5, 0.6) is 0 Å². The summed E-state index contributed by atoms with van der Waals surface area (Å²) in [5, 5.41) is 2.60. The first kappa shape index (κ1) is 35.1. The van der Waals surface area contributed by atoms with E-state index in [4.69, 9.17) is 10.5 Å². The van der Waals surface area contributed by atoms with E-state index in [9.17, 15) is 9.59 Å². The van der Waals surface area contributed by atoms with Crippen molar-refractivity contribution < 1.29 is 14.3 Å². The highest BCUT2D eigenvalue weighted by Crippen LogP contribution is 2.31. The number of aromatic nitrogens is 2. The Labute approximate surface area is 279 Å². The molecule has 1 aromatic heterocycles. The van der Waals surface area contributed by atoms with Crippen LogP contribution in [-0.4, -0.2) is 57.4 Å². The number of rotatable bonds is 12. The SMILES string of the molecule is C=C(C(c1ccccc1)n1cnc(C)c1)N1CC=C(c2ccccc2)CC1.CC(=O)C(COCc1ccccc1)NC(=O)C(C)(C)N. The molecule has 0 saturated heterocycles. The van der Waals surface area contributed by atoms with Crippen molar-refractivity contribution in [2.45, 2.75) is 58.3 Å². The number of ether oxygens (including phenoxy) is 1. The van der Waals surface area contributed by atoms with Crippen LogP contribution in [0, 0.1) is 6.92 Å². The number of allylic oxidation sites excluding steroid dienone is 1. The Bertz CT molecular complexity index is 1630. The maximum absolute atomic E-state index is 11.8. The van der Waals surface area contributed by atoms with Crippen LogP contribution < -0.4 is 11.1 Å². The summed E-state index contributed by atoms with van der Waals surface area (Å²) in [7, 11) is 0. The zero-order chi connectivity index (χ0) is 33.8.